The number of aryl methyl sites for hydroxylation is 1. The molecule has 1 aliphatic carbocycles. The molecule has 0 radical (unpaired) electrons. The topological polar surface area (TPSA) is 79.8 Å². The summed E-state index contributed by atoms with van der Waals surface area (Å²) in [5.41, 5.74) is 4.07. The molecule has 1 unspecified atom stereocenters. The molecule has 138 valence electrons. The molecule has 0 spiro atoms. The molecule has 0 saturated heterocycles. The molecule has 0 heterocycles. The maximum absolute atomic E-state index is 11.7. The van der Waals surface area contributed by atoms with Crippen LogP contribution in [0, 0.1) is 5.92 Å². The first kappa shape index (κ1) is 18.2. The van der Waals surface area contributed by atoms with Gasteiger partial charge in [-0.2, -0.15) is 0 Å². The first-order chi connectivity index (χ1) is 12.7. The third-order valence-electron chi connectivity index (χ3n) is 4.55. The molecule has 0 saturated carbocycles. The van der Waals surface area contributed by atoms with Crippen LogP contribution in [0.3, 0.4) is 0 Å². The molecule has 0 aromatic heterocycles. The Hall–Kier alpha value is -2.57. The van der Waals surface area contributed by atoms with Crippen molar-refractivity contribution in [3.63, 3.8) is 0 Å². The summed E-state index contributed by atoms with van der Waals surface area (Å²) >= 11 is 0. The monoisotopic (exact) mass is 356 g/mol. The van der Waals surface area contributed by atoms with E-state index in [2.05, 4.69) is 5.32 Å². The summed E-state index contributed by atoms with van der Waals surface area (Å²) in [5.74, 6) is 1.66. The summed E-state index contributed by atoms with van der Waals surface area (Å²) in [6.45, 7) is 1.37. The van der Waals surface area contributed by atoms with Gasteiger partial charge in [0.05, 0.1) is 0 Å². The molecule has 2 aromatic carbocycles. The van der Waals surface area contributed by atoms with Crippen molar-refractivity contribution in [3.05, 3.63) is 53.6 Å². The number of likely N-dealkylation sites (N-methyl/N-ethyl adjacent to an activating group) is 1. The van der Waals surface area contributed by atoms with Gasteiger partial charge < -0.3 is 14.8 Å². The van der Waals surface area contributed by atoms with Crippen LogP contribution in [0.15, 0.2) is 42.5 Å². The van der Waals surface area contributed by atoms with Crippen LogP contribution in [-0.2, 0) is 17.6 Å². The fraction of sp³-hybridized carbons (Fsp3) is 0.350. The number of hydrogen-bond acceptors (Lipinski definition) is 5. The lowest BCUT2D eigenvalue weighted by molar-refractivity contribution is -0.133. The largest absolute Gasteiger partial charge is 0.492 e. The van der Waals surface area contributed by atoms with Crippen LogP contribution in [0.25, 0.3) is 0 Å². The summed E-state index contributed by atoms with van der Waals surface area (Å²) < 4.78 is 11.6. The van der Waals surface area contributed by atoms with Crippen molar-refractivity contribution in [1.29, 1.82) is 0 Å². The van der Waals surface area contributed by atoms with Gasteiger partial charge in [-0.15, -0.1) is 0 Å². The minimum atomic E-state index is -0.326. The highest BCUT2D eigenvalue weighted by Crippen LogP contribution is 2.31. The highest BCUT2D eigenvalue weighted by molar-refractivity contribution is 5.78. The Labute approximate surface area is 153 Å². The minimum Gasteiger partial charge on any atom is -0.492 e. The van der Waals surface area contributed by atoms with E-state index in [0.717, 1.165) is 36.4 Å². The second kappa shape index (κ2) is 8.69. The molecule has 0 aliphatic heterocycles. The van der Waals surface area contributed by atoms with E-state index in [0.29, 0.717) is 18.8 Å². The second-order valence-electron chi connectivity index (χ2n) is 6.38. The zero-order valence-corrected chi connectivity index (χ0v) is 14.8. The standard InChI is InChI=1S/C20H24N2O4/c1-21-9-10-25-17-3-2-4-18(13-17)26-19-8-7-14-5-6-15(20(23)22-24)11-16(14)12-19/h2-4,7-8,12-13,15,21,24H,5-6,9-11H2,1H3,(H,22,23). The van der Waals surface area contributed by atoms with Crippen LogP contribution in [0.4, 0.5) is 0 Å². The van der Waals surface area contributed by atoms with Gasteiger partial charge in [-0.25, -0.2) is 5.48 Å². The number of amides is 1. The lowest BCUT2D eigenvalue weighted by Gasteiger charge is -2.23. The maximum Gasteiger partial charge on any atom is 0.246 e. The Bertz CT molecular complexity index is 763. The molecule has 0 bridgehead atoms. The molecule has 26 heavy (non-hydrogen) atoms. The number of carbonyl (C=O) groups excluding carboxylic acids is 1. The maximum atomic E-state index is 11.7. The van der Waals surface area contributed by atoms with Gasteiger partial charge >= 0.3 is 0 Å². The van der Waals surface area contributed by atoms with Crippen LogP contribution >= 0.6 is 0 Å². The summed E-state index contributed by atoms with van der Waals surface area (Å²) in [7, 11) is 1.88. The SMILES string of the molecule is CNCCOc1cccc(Oc2ccc3c(c2)CC(C(=O)NO)CC3)c1. The van der Waals surface area contributed by atoms with Crippen molar-refractivity contribution in [2.45, 2.75) is 19.3 Å². The number of fused-ring (bicyclic) bond motifs is 1. The normalized spacial score (nSPS) is 15.8. The Morgan fingerprint density at radius 1 is 1.15 bits per heavy atom. The van der Waals surface area contributed by atoms with E-state index >= 15 is 0 Å². The molecule has 6 nitrogen and oxygen atoms in total. The summed E-state index contributed by atoms with van der Waals surface area (Å²) in [6, 6.07) is 13.5. The number of ether oxygens (including phenoxy) is 2. The smallest absolute Gasteiger partial charge is 0.246 e. The quantitative estimate of drug-likeness (QED) is 0.404. The third kappa shape index (κ3) is 4.53. The van der Waals surface area contributed by atoms with E-state index < -0.39 is 0 Å². The molecule has 1 amide bonds. The van der Waals surface area contributed by atoms with Gasteiger partial charge in [0.1, 0.15) is 23.9 Å². The van der Waals surface area contributed by atoms with E-state index in [1.807, 2.05) is 49.5 Å². The average molecular weight is 356 g/mol. The van der Waals surface area contributed by atoms with E-state index in [4.69, 9.17) is 14.7 Å². The molecule has 3 N–H and O–H groups in total. The van der Waals surface area contributed by atoms with Crippen LogP contribution in [0.5, 0.6) is 17.2 Å². The lowest BCUT2D eigenvalue weighted by atomic mass is 9.83. The average Bonchev–Trinajstić information content (AvgIpc) is 2.67. The molecular weight excluding hydrogens is 332 g/mol. The predicted molar refractivity (Wildman–Crippen MR) is 97.8 cm³/mol. The van der Waals surface area contributed by atoms with E-state index in [9.17, 15) is 4.79 Å². The number of hydrogen-bond donors (Lipinski definition) is 3. The van der Waals surface area contributed by atoms with Gasteiger partial charge in [0.15, 0.2) is 0 Å². The minimum absolute atomic E-state index is 0.202. The van der Waals surface area contributed by atoms with E-state index in [1.54, 1.807) is 5.48 Å². The first-order valence-corrected chi connectivity index (χ1v) is 8.80. The van der Waals surface area contributed by atoms with Gasteiger partial charge in [-0.05, 0) is 61.7 Å². The van der Waals surface area contributed by atoms with Crippen molar-refractivity contribution in [2.75, 3.05) is 20.2 Å². The zero-order chi connectivity index (χ0) is 18.4. The van der Waals surface area contributed by atoms with Gasteiger partial charge in [0.25, 0.3) is 0 Å². The highest BCUT2D eigenvalue weighted by Gasteiger charge is 2.24. The van der Waals surface area contributed by atoms with Crippen molar-refractivity contribution in [1.82, 2.24) is 10.8 Å². The molecule has 6 heteroatoms. The van der Waals surface area contributed by atoms with E-state index in [-0.39, 0.29) is 11.8 Å². The van der Waals surface area contributed by atoms with Crippen molar-refractivity contribution < 1.29 is 19.5 Å². The lowest BCUT2D eigenvalue weighted by Crippen LogP contribution is -2.31. The van der Waals surface area contributed by atoms with Crippen molar-refractivity contribution >= 4 is 5.91 Å². The number of nitrogens with one attached hydrogen (secondary N) is 2. The Kier molecular flexibility index (Phi) is 6.09. The molecular formula is C20H24N2O4. The van der Waals surface area contributed by atoms with Crippen molar-refractivity contribution in [2.24, 2.45) is 5.92 Å². The molecule has 0 fully saturated rings. The Morgan fingerprint density at radius 2 is 1.96 bits per heavy atom. The predicted octanol–water partition coefficient (Wildman–Crippen LogP) is 2.69. The first-order valence-electron chi connectivity index (χ1n) is 8.80. The van der Waals surface area contributed by atoms with Gasteiger partial charge in [0.2, 0.25) is 5.91 Å². The second-order valence-corrected chi connectivity index (χ2v) is 6.38. The molecule has 3 rings (SSSR count). The van der Waals surface area contributed by atoms with Crippen LogP contribution in [0.1, 0.15) is 17.5 Å². The van der Waals surface area contributed by atoms with Gasteiger partial charge in [-0.1, -0.05) is 12.1 Å². The fourth-order valence-electron chi connectivity index (χ4n) is 3.15. The Morgan fingerprint density at radius 3 is 2.77 bits per heavy atom. The number of rotatable bonds is 7. The number of carbonyl (C=O) groups is 1. The van der Waals surface area contributed by atoms with Crippen LogP contribution in [0.2, 0.25) is 0 Å². The number of hydroxylamine groups is 1. The summed E-state index contributed by atoms with van der Waals surface area (Å²) in [4.78, 5) is 11.7. The van der Waals surface area contributed by atoms with E-state index in [1.165, 1.54) is 5.56 Å². The van der Waals surface area contributed by atoms with Gasteiger partial charge in [-0.3, -0.25) is 10.0 Å². The molecule has 1 aliphatic rings. The van der Waals surface area contributed by atoms with Crippen LogP contribution < -0.4 is 20.3 Å². The highest BCUT2D eigenvalue weighted by atomic mass is 16.5. The van der Waals surface area contributed by atoms with Crippen molar-refractivity contribution in [3.8, 4) is 17.2 Å². The van der Waals surface area contributed by atoms with Gasteiger partial charge in [0, 0.05) is 18.5 Å². The molecule has 2 aromatic rings. The number of benzene rings is 2. The Balaban J connectivity index is 1.69. The summed E-state index contributed by atoms with van der Waals surface area (Å²) in [6.07, 6.45) is 2.17. The zero-order valence-electron chi connectivity index (χ0n) is 14.8. The van der Waals surface area contributed by atoms with Crippen LogP contribution in [-0.4, -0.2) is 31.3 Å². The molecule has 1 atom stereocenters. The summed E-state index contributed by atoms with van der Waals surface area (Å²) in [5, 5.41) is 11.9. The third-order valence-corrected chi connectivity index (χ3v) is 4.55. The fourth-order valence-corrected chi connectivity index (χ4v) is 3.15.